The zero-order valence-electron chi connectivity index (χ0n) is 15.0. The molecule has 0 aliphatic carbocycles. The van der Waals surface area contributed by atoms with Crippen LogP contribution in [0.1, 0.15) is 29.4 Å². The van der Waals surface area contributed by atoms with E-state index < -0.39 is 11.7 Å². The Labute approximate surface area is 169 Å². The van der Waals surface area contributed by atoms with E-state index in [4.69, 9.17) is 16.1 Å². The van der Waals surface area contributed by atoms with Crippen LogP contribution in [0.25, 0.3) is 11.4 Å². The van der Waals surface area contributed by atoms with Crippen molar-refractivity contribution in [1.29, 1.82) is 0 Å². The molecule has 29 heavy (non-hydrogen) atoms. The van der Waals surface area contributed by atoms with Gasteiger partial charge in [-0.3, -0.25) is 4.79 Å². The van der Waals surface area contributed by atoms with E-state index in [1.54, 1.807) is 29.2 Å². The molecule has 0 radical (unpaired) electrons. The summed E-state index contributed by atoms with van der Waals surface area (Å²) >= 11 is 5.87. The van der Waals surface area contributed by atoms with Crippen molar-refractivity contribution in [3.63, 3.8) is 0 Å². The number of rotatable bonds is 4. The van der Waals surface area contributed by atoms with Gasteiger partial charge in [0.2, 0.25) is 17.6 Å². The summed E-state index contributed by atoms with van der Waals surface area (Å²) in [5, 5.41) is 4.56. The first-order valence-electron chi connectivity index (χ1n) is 8.83. The highest BCUT2D eigenvalue weighted by Gasteiger charge is 2.35. The summed E-state index contributed by atoms with van der Waals surface area (Å²) in [6.07, 6.45) is -4.17. The molecule has 1 atom stereocenters. The number of likely N-dealkylation sites (tertiary alicyclic amines) is 1. The summed E-state index contributed by atoms with van der Waals surface area (Å²) in [7, 11) is 0. The van der Waals surface area contributed by atoms with Crippen molar-refractivity contribution in [2.24, 2.45) is 0 Å². The van der Waals surface area contributed by atoms with Crippen LogP contribution in [0.3, 0.4) is 0 Å². The Morgan fingerprint density at radius 1 is 1.10 bits per heavy atom. The SMILES string of the molecule is O=C1CC(c2nc(-c3ccc(Cl)cc3)no2)CN1Cc1ccc(C(F)(F)F)cc1. The molecule has 1 unspecified atom stereocenters. The first-order valence-corrected chi connectivity index (χ1v) is 9.21. The lowest BCUT2D eigenvalue weighted by Crippen LogP contribution is -2.24. The average Bonchev–Trinajstić information content (AvgIpc) is 3.30. The molecule has 1 aromatic heterocycles. The van der Waals surface area contributed by atoms with Crippen molar-refractivity contribution in [2.45, 2.75) is 25.1 Å². The first kappa shape index (κ1) is 19.4. The van der Waals surface area contributed by atoms with Gasteiger partial charge in [-0.15, -0.1) is 0 Å². The third-order valence-electron chi connectivity index (χ3n) is 4.76. The average molecular weight is 422 g/mol. The standard InChI is InChI=1S/C20H15ClF3N3O2/c21-16-7-3-13(4-8-16)18-25-19(29-26-18)14-9-17(28)27(11-14)10-12-1-5-15(6-2-12)20(22,23)24/h1-8,14H,9-11H2. The number of hydrogen-bond acceptors (Lipinski definition) is 4. The van der Waals surface area contributed by atoms with Gasteiger partial charge >= 0.3 is 6.18 Å². The molecule has 150 valence electrons. The van der Waals surface area contributed by atoms with Gasteiger partial charge in [-0.25, -0.2) is 0 Å². The number of halogens is 4. The van der Waals surface area contributed by atoms with Gasteiger partial charge in [0.15, 0.2) is 0 Å². The maximum absolute atomic E-state index is 12.7. The van der Waals surface area contributed by atoms with Crippen molar-refractivity contribution in [3.05, 3.63) is 70.6 Å². The second kappa shape index (κ2) is 7.51. The highest BCUT2D eigenvalue weighted by atomic mass is 35.5. The zero-order chi connectivity index (χ0) is 20.6. The number of nitrogens with zero attached hydrogens (tertiary/aromatic N) is 3. The Bertz CT molecular complexity index is 1020. The molecule has 0 saturated carbocycles. The molecule has 2 aromatic carbocycles. The topological polar surface area (TPSA) is 59.2 Å². The fraction of sp³-hybridized carbons (Fsp3) is 0.250. The molecular weight excluding hydrogens is 407 g/mol. The number of benzene rings is 2. The smallest absolute Gasteiger partial charge is 0.339 e. The summed E-state index contributed by atoms with van der Waals surface area (Å²) in [4.78, 5) is 18.3. The van der Waals surface area contributed by atoms with Crippen LogP contribution in [0, 0.1) is 0 Å². The van der Waals surface area contributed by atoms with E-state index in [-0.39, 0.29) is 24.8 Å². The molecule has 2 heterocycles. The van der Waals surface area contributed by atoms with E-state index in [0.717, 1.165) is 17.7 Å². The Balaban J connectivity index is 1.44. The van der Waals surface area contributed by atoms with Crippen LogP contribution in [0.5, 0.6) is 0 Å². The van der Waals surface area contributed by atoms with Crippen LogP contribution < -0.4 is 0 Å². The van der Waals surface area contributed by atoms with Crippen molar-refractivity contribution < 1.29 is 22.5 Å². The Morgan fingerprint density at radius 2 is 1.79 bits per heavy atom. The van der Waals surface area contributed by atoms with Crippen molar-refractivity contribution >= 4 is 17.5 Å². The Morgan fingerprint density at radius 3 is 2.45 bits per heavy atom. The summed E-state index contributed by atoms with van der Waals surface area (Å²) in [6.45, 7) is 0.591. The third-order valence-corrected chi connectivity index (χ3v) is 5.01. The minimum atomic E-state index is -4.38. The molecule has 0 bridgehead atoms. The molecule has 1 aliphatic heterocycles. The molecule has 0 spiro atoms. The van der Waals surface area contributed by atoms with Gasteiger partial charge in [-0.2, -0.15) is 18.2 Å². The third kappa shape index (κ3) is 4.27. The van der Waals surface area contributed by atoms with Gasteiger partial charge in [0.25, 0.3) is 0 Å². The van der Waals surface area contributed by atoms with Gasteiger partial charge in [0.05, 0.1) is 11.5 Å². The fourth-order valence-corrected chi connectivity index (χ4v) is 3.35. The number of carbonyl (C=O) groups excluding carboxylic acids is 1. The highest BCUT2D eigenvalue weighted by molar-refractivity contribution is 6.30. The summed E-state index contributed by atoms with van der Waals surface area (Å²) in [6, 6.07) is 11.8. The molecule has 3 aromatic rings. The Hall–Kier alpha value is -2.87. The van der Waals surface area contributed by atoms with E-state index in [0.29, 0.717) is 28.8 Å². The van der Waals surface area contributed by atoms with Gasteiger partial charge in [-0.1, -0.05) is 28.9 Å². The van der Waals surface area contributed by atoms with E-state index in [1.807, 2.05) is 0 Å². The molecule has 4 rings (SSSR count). The van der Waals surface area contributed by atoms with E-state index in [2.05, 4.69) is 10.1 Å². The monoisotopic (exact) mass is 421 g/mol. The van der Waals surface area contributed by atoms with Crippen molar-refractivity contribution in [2.75, 3.05) is 6.54 Å². The fourth-order valence-electron chi connectivity index (χ4n) is 3.23. The quantitative estimate of drug-likeness (QED) is 0.599. The number of alkyl halides is 3. The summed E-state index contributed by atoms with van der Waals surface area (Å²) in [5.74, 6) is 0.398. The van der Waals surface area contributed by atoms with Crippen LogP contribution in [-0.4, -0.2) is 27.5 Å². The molecule has 0 N–H and O–H groups in total. The second-order valence-electron chi connectivity index (χ2n) is 6.83. The summed E-state index contributed by atoms with van der Waals surface area (Å²) in [5.41, 5.74) is 0.655. The molecule has 1 aliphatic rings. The maximum atomic E-state index is 12.7. The van der Waals surface area contributed by atoms with Crippen LogP contribution >= 0.6 is 11.6 Å². The molecule has 1 amide bonds. The minimum Gasteiger partial charge on any atom is -0.339 e. The predicted molar refractivity (Wildman–Crippen MR) is 99.0 cm³/mol. The molecule has 1 saturated heterocycles. The van der Waals surface area contributed by atoms with Crippen molar-refractivity contribution in [3.8, 4) is 11.4 Å². The Kier molecular flexibility index (Phi) is 5.04. The normalized spacial score (nSPS) is 17.2. The van der Waals surface area contributed by atoms with Crippen LogP contribution in [0.2, 0.25) is 5.02 Å². The highest BCUT2D eigenvalue weighted by Crippen LogP contribution is 2.31. The number of hydrogen-bond donors (Lipinski definition) is 0. The van der Waals surface area contributed by atoms with E-state index in [9.17, 15) is 18.0 Å². The largest absolute Gasteiger partial charge is 0.416 e. The van der Waals surface area contributed by atoms with Gasteiger partial charge in [-0.05, 0) is 42.0 Å². The summed E-state index contributed by atoms with van der Waals surface area (Å²) < 4.78 is 43.4. The number of aromatic nitrogens is 2. The number of amides is 1. The van der Waals surface area contributed by atoms with E-state index in [1.165, 1.54) is 12.1 Å². The first-order chi connectivity index (χ1) is 13.8. The van der Waals surface area contributed by atoms with Gasteiger partial charge in [0.1, 0.15) is 0 Å². The lowest BCUT2D eigenvalue weighted by atomic mass is 10.1. The molecule has 5 nitrogen and oxygen atoms in total. The predicted octanol–water partition coefficient (Wildman–Crippen LogP) is 4.92. The van der Waals surface area contributed by atoms with Crippen LogP contribution in [0.4, 0.5) is 13.2 Å². The minimum absolute atomic E-state index is 0.110. The number of carbonyl (C=O) groups is 1. The van der Waals surface area contributed by atoms with E-state index >= 15 is 0 Å². The molecular formula is C20H15ClF3N3O2. The lowest BCUT2D eigenvalue weighted by Gasteiger charge is -2.16. The zero-order valence-corrected chi connectivity index (χ0v) is 15.7. The van der Waals surface area contributed by atoms with Crippen LogP contribution in [-0.2, 0) is 17.5 Å². The van der Waals surface area contributed by atoms with Gasteiger partial charge < -0.3 is 9.42 Å². The second-order valence-corrected chi connectivity index (χ2v) is 7.27. The molecule has 9 heteroatoms. The maximum Gasteiger partial charge on any atom is 0.416 e. The van der Waals surface area contributed by atoms with Crippen LogP contribution in [0.15, 0.2) is 53.1 Å². The lowest BCUT2D eigenvalue weighted by molar-refractivity contribution is -0.137. The van der Waals surface area contributed by atoms with Gasteiger partial charge in [0, 0.05) is 30.1 Å². The molecule has 1 fully saturated rings. The van der Waals surface area contributed by atoms with Crippen molar-refractivity contribution in [1.82, 2.24) is 15.0 Å².